The Morgan fingerprint density at radius 1 is 1.18 bits per heavy atom. The third-order valence-corrected chi connectivity index (χ3v) is 8.52. The molecule has 182 valence electrons. The molecular weight excluding hydrogens is 416 g/mol. The monoisotopic (exact) mass is 456 g/mol. The summed E-state index contributed by atoms with van der Waals surface area (Å²) in [7, 11) is 2.22. The number of hydrogen-bond acceptors (Lipinski definition) is 4. The van der Waals surface area contributed by atoms with Gasteiger partial charge < -0.3 is 20.2 Å². The molecule has 0 atom stereocenters. The van der Waals surface area contributed by atoms with Gasteiger partial charge in [-0.05, 0) is 63.6 Å². The standard InChI is InChI=1S/C26H40N4O3/c1-3-28(2)26(22-10-5-4-6-11-22)14-12-25(13-15-26)20-29(19-23(32)27-16-17-31)24(33)30(25)18-21-8-7-9-21/h4-6,10-11,21,31H,3,7-9,12-20H2,1-2H3,(H,27,32)/t25-,26-. The molecule has 3 amide bonds. The number of benzene rings is 1. The van der Waals surface area contributed by atoms with Crippen molar-refractivity contribution in [2.45, 2.75) is 62.9 Å². The molecular formula is C26H40N4O3. The van der Waals surface area contributed by atoms with Crippen LogP contribution < -0.4 is 5.32 Å². The van der Waals surface area contributed by atoms with E-state index in [0.717, 1.165) is 38.8 Å². The number of hydrogen-bond donors (Lipinski definition) is 2. The summed E-state index contributed by atoms with van der Waals surface area (Å²) in [6, 6.07) is 10.8. The molecule has 2 aliphatic carbocycles. The summed E-state index contributed by atoms with van der Waals surface area (Å²) in [5.41, 5.74) is 1.15. The fourth-order valence-corrected chi connectivity index (χ4v) is 6.13. The maximum absolute atomic E-state index is 13.5. The summed E-state index contributed by atoms with van der Waals surface area (Å²) >= 11 is 0. The van der Waals surface area contributed by atoms with Crippen LogP contribution in [0.2, 0.25) is 0 Å². The van der Waals surface area contributed by atoms with Crippen molar-refractivity contribution in [3.8, 4) is 0 Å². The van der Waals surface area contributed by atoms with Crippen molar-refractivity contribution in [3.63, 3.8) is 0 Å². The Labute approximate surface area is 198 Å². The van der Waals surface area contributed by atoms with Crippen molar-refractivity contribution in [1.29, 1.82) is 0 Å². The first-order valence-electron chi connectivity index (χ1n) is 12.6. The zero-order chi connectivity index (χ0) is 23.5. The quantitative estimate of drug-likeness (QED) is 0.599. The molecule has 1 heterocycles. The van der Waals surface area contributed by atoms with E-state index in [1.807, 2.05) is 0 Å². The number of amides is 3. The second kappa shape index (κ2) is 10.0. The third-order valence-electron chi connectivity index (χ3n) is 8.52. The van der Waals surface area contributed by atoms with Crippen LogP contribution in [0.3, 0.4) is 0 Å². The SMILES string of the molecule is CCN(C)[C@]1(c2ccccc2)CC[C@@]2(CC1)CN(CC(=O)NCCO)C(=O)N2CC1CCC1. The Hall–Kier alpha value is -2.12. The predicted octanol–water partition coefficient (Wildman–Crippen LogP) is 2.79. The van der Waals surface area contributed by atoms with Gasteiger partial charge in [-0.1, -0.05) is 43.7 Å². The molecule has 2 saturated carbocycles. The molecule has 2 N–H and O–H groups in total. The number of rotatable bonds is 9. The molecule has 0 radical (unpaired) electrons. The molecule has 1 aromatic carbocycles. The van der Waals surface area contributed by atoms with E-state index in [1.165, 1.54) is 24.8 Å². The van der Waals surface area contributed by atoms with Crippen LogP contribution in [0.4, 0.5) is 4.79 Å². The molecule has 0 bridgehead atoms. The Morgan fingerprint density at radius 2 is 1.88 bits per heavy atom. The summed E-state index contributed by atoms with van der Waals surface area (Å²) in [5, 5.41) is 11.7. The fourth-order valence-electron chi connectivity index (χ4n) is 6.13. The molecule has 4 rings (SSSR count). The number of aliphatic hydroxyl groups excluding tert-OH is 1. The molecule has 7 nitrogen and oxygen atoms in total. The van der Waals surface area contributed by atoms with Gasteiger partial charge in [0, 0.05) is 25.2 Å². The number of aliphatic hydroxyl groups is 1. The fraction of sp³-hybridized carbons (Fsp3) is 0.692. The minimum atomic E-state index is -0.198. The van der Waals surface area contributed by atoms with Gasteiger partial charge in [-0.25, -0.2) is 4.79 Å². The van der Waals surface area contributed by atoms with Gasteiger partial charge in [-0.2, -0.15) is 0 Å². The van der Waals surface area contributed by atoms with Crippen LogP contribution in [0.15, 0.2) is 30.3 Å². The number of nitrogens with one attached hydrogen (secondary N) is 1. The highest BCUT2D eigenvalue weighted by atomic mass is 16.3. The zero-order valence-corrected chi connectivity index (χ0v) is 20.3. The highest BCUT2D eigenvalue weighted by Crippen LogP contribution is 2.49. The molecule has 7 heteroatoms. The molecule has 1 aromatic rings. The van der Waals surface area contributed by atoms with Gasteiger partial charge in [0.05, 0.1) is 12.1 Å². The van der Waals surface area contributed by atoms with Crippen molar-refractivity contribution in [2.24, 2.45) is 5.92 Å². The van der Waals surface area contributed by atoms with E-state index in [0.29, 0.717) is 12.5 Å². The van der Waals surface area contributed by atoms with Crippen LogP contribution in [0.25, 0.3) is 0 Å². The van der Waals surface area contributed by atoms with E-state index in [9.17, 15) is 9.59 Å². The summed E-state index contributed by atoms with van der Waals surface area (Å²) in [6.45, 7) is 4.82. The minimum Gasteiger partial charge on any atom is -0.395 e. The molecule has 0 unspecified atom stereocenters. The van der Waals surface area contributed by atoms with Crippen molar-refractivity contribution in [2.75, 3.05) is 46.4 Å². The number of nitrogens with zero attached hydrogens (tertiary/aromatic N) is 3. The topological polar surface area (TPSA) is 76.1 Å². The molecule has 0 aromatic heterocycles. The molecule has 3 aliphatic rings. The van der Waals surface area contributed by atoms with Gasteiger partial charge >= 0.3 is 6.03 Å². The highest BCUT2D eigenvalue weighted by molar-refractivity contribution is 5.86. The maximum atomic E-state index is 13.5. The average molecular weight is 457 g/mol. The minimum absolute atomic E-state index is 0.0112. The average Bonchev–Trinajstić information content (AvgIpc) is 3.05. The van der Waals surface area contributed by atoms with Crippen LogP contribution in [0.5, 0.6) is 0 Å². The van der Waals surface area contributed by atoms with Gasteiger partial charge in [-0.3, -0.25) is 9.69 Å². The Bertz CT molecular complexity index is 818. The van der Waals surface area contributed by atoms with Crippen LogP contribution in [0, 0.1) is 5.92 Å². The van der Waals surface area contributed by atoms with Gasteiger partial charge in [0.15, 0.2) is 0 Å². The van der Waals surface area contributed by atoms with E-state index in [4.69, 9.17) is 5.11 Å². The van der Waals surface area contributed by atoms with E-state index < -0.39 is 0 Å². The van der Waals surface area contributed by atoms with Crippen molar-refractivity contribution in [1.82, 2.24) is 20.0 Å². The lowest BCUT2D eigenvalue weighted by Gasteiger charge is -2.52. The molecule has 1 spiro atoms. The van der Waals surface area contributed by atoms with Gasteiger partial charge in [0.2, 0.25) is 5.91 Å². The van der Waals surface area contributed by atoms with Gasteiger partial charge in [-0.15, -0.1) is 0 Å². The van der Waals surface area contributed by atoms with E-state index in [-0.39, 0.29) is 42.7 Å². The number of urea groups is 1. The maximum Gasteiger partial charge on any atom is 0.321 e. The molecule has 33 heavy (non-hydrogen) atoms. The van der Waals surface area contributed by atoms with Crippen LogP contribution in [0.1, 0.15) is 57.4 Å². The van der Waals surface area contributed by atoms with Crippen molar-refractivity contribution < 1.29 is 14.7 Å². The van der Waals surface area contributed by atoms with Crippen LogP contribution in [-0.4, -0.2) is 83.7 Å². The largest absolute Gasteiger partial charge is 0.395 e. The second-order valence-corrected chi connectivity index (χ2v) is 10.3. The van der Waals surface area contributed by atoms with Crippen LogP contribution >= 0.6 is 0 Å². The van der Waals surface area contributed by atoms with Crippen molar-refractivity contribution >= 4 is 11.9 Å². The molecule has 1 aliphatic heterocycles. The summed E-state index contributed by atoms with van der Waals surface area (Å²) < 4.78 is 0. The highest BCUT2D eigenvalue weighted by Gasteiger charge is 2.55. The van der Waals surface area contributed by atoms with Gasteiger partial charge in [0.1, 0.15) is 6.54 Å². The normalized spacial score (nSPS) is 27.9. The van der Waals surface area contributed by atoms with Crippen molar-refractivity contribution in [3.05, 3.63) is 35.9 Å². The first kappa shape index (κ1) is 24.0. The van der Waals surface area contributed by atoms with E-state index in [2.05, 4.69) is 59.4 Å². The first-order chi connectivity index (χ1) is 15.9. The summed E-state index contributed by atoms with van der Waals surface area (Å²) in [6.07, 6.45) is 7.54. The van der Waals surface area contributed by atoms with E-state index >= 15 is 0 Å². The summed E-state index contributed by atoms with van der Waals surface area (Å²) in [4.78, 5) is 32.2. The lowest BCUT2D eigenvalue weighted by Crippen LogP contribution is -2.57. The summed E-state index contributed by atoms with van der Waals surface area (Å²) in [5.74, 6) is 0.395. The van der Waals surface area contributed by atoms with E-state index in [1.54, 1.807) is 4.90 Å². The van der Waals surface area contributed by atoms with Crippen LogP contribution in [-0.2, 0) is 10.3 Å². The Morgan fingerprint density at radius 3 is 2.45 bits per heavy atom. The molecule has 1 saturated heterocycles. The first-order valence-corrected chi connectivity index (χ1v) is 12.6. The zero-order valence-electron chi connectivity index (χ0n) is 20.3. The lowest BCUT2D eigenvalue weighted by molar-refractivity contribution is -0.121. The predicted molar refractivity (Wildman–Crippen MR) is 129 cm³/mol. The number of carbonyl (C=O) groups excluding carboxylic acids is 2. The Balaban J connectivity index is 1.55. The molecule has 3 fully saturated rings. The lowest BCUT2D eigenvalue weighted by atomic mass is 9.68. The smallest absolute Gasteiger partial charge is 0.321 e. The number of carbonyl (C=O) groups is 2. The van der Waals surface area contributed by atoms with Gasteiger partial charge in [0.25, 0.3) is 0 Å². The Kier molecular flexibility index (Phi) is 7.29. The second-order valence-electron chi connectivity index (χ2n) is 10.3. The third kappa shape index (κ3) is 4.62.